The highest BCUT2D eigenvalue weighted by molar-refractivity contribution is 5.96. The number of nitrogens with two attached hydrogens (primary N) is 3. The number of aromatic hydroxyl groups is 1. The normalized spacial score (nSPS) is 31.7. The van der Waals surface area contributed by atoms with Gasteiger partial charge >= 0.3 is 0 Å². The average Bonchev–Trinajstić information content (AvgIpc) is 3.77. The second-order valence-corrected chi connectivity index (χ2v) is 20.0. The molecule has 2 aromatic carbocycles. The highest BCUT2D eigenvalue weighted by Crippen LogP contribution is 2.80. The third-order valence-corrected chi connectivity index (χ3v) is 15.6. The van der Waals surface area contributed by atoms with Gasteiger partial charge in [-0.1, -0.05) is 77.1 Å². The number of aliphatic imine (C=N–C) groups is 2. The van der Waals surface area contributed by atoms with E-state index in [0.29, 0.717) is 5.56 Å². The van der Waals surface area contributed by atoms with Crippen molar-refractivity contribution in [1.82, 2.24) is 31.1 Å². The summed E-state index contributed by atoms with van der Waals surface area (Å²) in [4.78, 5) is 80.2. The quantitative estimate of drug-likeness (QED) is 0.0582. The van der Waals surface area contributed by atoms with Gasteiger partial charge in [-0.15, -0.1) is 0 Å². The summed E-state index contributed by atoms with van der Waals surface area (Å²) in [6.45, 7) is 4.69. The fourth-order valence-corrected chi connectivity index (χ4v) is 10.9. The van der Waals surface area contributed by atoms with Gasteiger partial charge in [-0.3, -0.25) is 29.1 Å². The van der Waals surface area contributed by atoms with Gasteiger partial charge in [-0.2, -0.15) is 0 Å². The van der Waals surface area contributed by atoms with Crippen molar-refractivity contribution in [1.29, 1.82) is 0 Å². The van der Waals surface area contributed by atoms with E-state index in [-0.39, 0.29) is 31.0 Å². The molecule has 0 aromatic heterocycles. The van der Waals surface area contributed by atoms with Gasteiger partial charge in [0.2, 0.25) is 23.6 Å². The lowest BCUT2D eigenvalue weighted by Gasteiger charge is -2.67. The van der Waals surface area contributed by atoms with Crippen molar-refractivity contribution >= 4 is 41.8 Å². The Bertz CT molecular complexity index is 2430. The molecule has 15 atom stereocenters. The number of hydrogen-bond acceptors (Lipinski definition) is 21. The summed E-state index contributed by atoms with van der Waals surface area (Å²) >= 11 is 0. The molecule has 3 aliphatic heterocycles. The van der Waals surface area contributed by atoms with Gasteiger partial charge in [-0.05, 0) is 23.3 Å². The molecule has 25 nitrogen and oxygen atoms in total. The molecule has 2 aromatic rings. The molecule has 4 amide bonds. The minimum absolute atomic E-state index is 0.0846. The molecular formula is C46H65N11O14. The maximum atomic E-state index is 14.8. The summed E-state index contributed by atoms with van der Waals surface area (Å²) in [5.74, 6) is -5.44. The van der Waals surface area contributed by atoms with Crippen LogP contribution < -0.4 is 38.5 Å². The van der Waals surface area contributed by atoms with Crippen molar-refractivity contribution < 1.29 is 69.6 Å². The second kappa shape index (κ2) is 19.2. The molecule has 3 fully saturated rings. The Labute approximate surface area is 408 Å². The molecule has 1 saturated heterocycles. The van der Waals surface area contributed by atoms with Crippen LogP contribution in [0.4, 0.5) is 0 Å². The van der Waals surface area contributed by atoms with E-state index in [2.05, 4.69) is 31.3 Å². The number of nitrogens with one attached hydrogen (secondary N) is 4. The second-order valence-electron chi connectivity index (χ2n) is 20.0. The van der Waals surface area contributed by atoms with E-state index < -0.39 is 150 Å². The van der Waals surface area contributed by atoms with Crippen molar-refractivity contribution in [2.24, 2.45) is 38.0 Å². The number of rotatable bonds is 19. The van der Waals surface area contributed by atoms with Crippen LogP contribution in [0.25, 0.3) is 0 Å². The van der Waals surface area contributed by atoms with Gasteiger partial charge < -0.3 is 93.8 Å². The van der Waals surface area contributed by atoms with Crippen molar-refractivity contribution in [2.45, 2.75) is 131 Å². The zero-order valence-electron chi connectivity index (χ0n) is 39.8. The number of ether oxygens (including phenoxy) is 1. The smallest absolute Gasteiger partial charge is 0.249 e. The van der Waals surface area contributed by atoms with Crippen LogP contribution in [0.5, 0.6) is 5.75 Å². The Morgan fingerprint density at radius 3 is 2.11 bits per heavy atom. The molecule has 2 saturated carbocycles. The Morgan fingerprint density at radius 2 is 1.54 bits per heavy atom. The summed E-state index contributed by atoms with van der Waals surface area (Å²) in [5.41, 5.74) is 9.86. The summed E-state index contributed by atoms with van der Waals surface area (Å²) < 4.78 is 6.20. The van der Waals surface area contributed by atoms with Gasteiger partial charge in [0.15, 0.2) is 18.1 Å². The number of carbonyl (C=O) groups is 5. The van der Waals surface area contributed by atoms with Gasteiger partial charge in [0, 0.05) is 23.2 Å². The first kappa shape index (κ1) is 52.8. The van der Waals surface area contributed by atoms with E-state index in [1.807, 2.05) is 0 Å². The van der Waals surface area contributed by atoms with Crippen molar-refractivity contribution in [3.05, 3.63) is 65.7 Å². The number of phenols is 1. The summed E-state index contributed by atoms with van der Waals surface area (Å²) in [6, 6.07) is 5.00. The standard InChI is InChI=1S/C46H65N11O14/c1-21(23-9-7-6-8-10-23)30(47)36(65)52-26(15-22-11-13-25(61)14-12-22)35(64)55-31(32(62)27-16-50-40(48)54-27)37(66)53-28(20-60)38(67)56(24(18-58)19-59)29-17-51-41(49)57(29)39-45(69)43(4,5)46(45,70)44(68)34(71-39)33(63)42(44,2)3/h6-14,18,21,24,26-34,39,59-63,68-70H,15-17,19-20,47H2,1-5H3,(H2,49,51)(H,52,65)(H,53,66)(H,55,64)(H3,48,50,54)/t21?,24-,26+,27?,28+,29?,30+,31+,32?,33?,34?,39?,44?,45?,46?/m1/s1. The van der Waals surface area contributed by atoms with Gasteiger partial charge in [0.05, 0.1) is 44.5 Å². The lowest BCUT2D eigenvalue weighted by atomic mass is 9.49. The van der Waals surface area contributed by atoms with E-state index in [1.54, 1.807) is 37.3 Å². The fourth-order valence-electron chi connectivity index (χ4n) is 10.9. The number of phenolic OH excluding ortho intramolecular Hbond substituents is 1. The molecule has 10 unspecified atom stereocenters. The minimum atomic E-state index is -2.39. The zero-order valence-corrected chi connectivity index (χ0v) is 39.8. The molecule has 0 spiro atoms. The maximum Gasteiger partial charge on any atom is 0.249 e. The van der Waals surface area contributed by atoms with Crippen LogP contribution in [0.1, 0.15) is 51.7 Å². The van der Waals surface area contributed by atoms with E-state index >= 15 is 0 Å². The first-order valence-electron chi connectivity index (χ1n) is 23.1. The van der Waals surface area contributed by atoms with E-state index in [1.165, 1.54) is 52.0 Å². The molecule has 0 bridgehead atoms. The first-order valence-corrected chi connectivity index (χ1v) is 23.1. The number of carbonyl (C=O) groups excluding carboxylic acids is 5. The fraction of sp³-hybridized carbons (Fsp3) is 0.587. The Balaban J connectivity index is 1.17. The van der Waals surface area contributed by atoms with Crippen LogP contribution in [-0.4, -0.2) is 203 Å². The molecule has 18 N–H and O–H groups in total. The number of aldehydes is 1. The van der Waals surface area contributed by atoms with Crippen LogP contribution in [-0.2, 0) is 35.1 Å². The maximum absolute atomic E-state index is 14.8. The minimum Gasteiger partial charge on any atom is -0.508 e. The number of guanidine groups is 2. The van der Waals surface area contributed by atoms with E-state index in [0.717, 1.165) is 15.4 Å². The van der Waals surface area contributed by atoms with Crippen LogP contribution >= 0.6 is 0 Å². The van der Waals surface area contributed by atoms with E-state index in [4.69, 9.17) is 21.9 Å². The Morgan fingerprint density at radius 1 is 0.901 bits per heavy atom. The van der Waals surface area contributed by atoms with Crippen molar-refractivity contribution in [2.75, 3.05) is 26.3 Å². The first-order chi connectivity index (χ1) is 33.3. The highest BCUT2D eigenvalue weighted by Gasteiger charge is 3.00. The summed E-state index contributed by atoms with van der Waals surface area (Å²) in [5, 5.41) is 101. The van der Waals surface area contributed by atoms with E-state index in [9.17, 15) is 64.8 Å². The number of aliphatic hydroxyl groups is 7. The van der Waals surface area contributed by atoms with Gasteiger partial charge in [-0.25, -0.2) is 4.99 Å². The Kier molecular flexibility index (Phi) is 14.3. The number of hydrogen-bond donors (Lipinski definition) is 15. The number of fused-ring (bicyclic) bond motifs is 3. The number of nitrogens with zero attached hydrogens (tertiary/aromatic N) is 4. The highest BCUT2D eigenvalue weighted by atomic mass is 16.6. The zero-order chi connectivity index (χ0) is 52.3. The molecule has 2 aliphatic carbocycles. The monoisotopic (exact) mass is 995 g/mol. The third kappa shape index (κ3) is 8.21. The molecule has 5 aliphatic rings. The SMILES string of the molecule is CC(c1ccccc1)[C@H](N)C(=O)N[C@@H](Cc1ccc(O)cc1)C(=O)N[C@H](C(=O)N[C@@H](CO)C(=O)N(C1CN=C(N)N1C1OC2C(O)C(C)(C)C2(O)C2(O)C(C)(C)C12O)[C@H](C=O)CO)C(O)C1CN=C(N)N1. The Hall–Kier alpha value is -6.03. The topological polar surface area (TPSA) is 414 Å². The molecule has 0 radical (unpaired) electrons. The third-order valence-electron chi connectivity index (χ3n) is 15.6. The molecule has 388 valence electrons. The predicted molar refractivity (Wildman–Crippen MR) is 250 cm³/mol. The molecule has 25 heteroatoms. The summed E-state index contributed by atoms with van der Waals surface area (Å²) in [7, 11) is 0. The van der Waals surface area contributed by atoms with Crippen molar-refractivity contribution in [3.8, 4) is 5.75 Å². The number of amides is 4. The molecule has 71 heavy (non-hydrogen) atoms. The lowest BCUT2D eigenvalue weighted by molar-refractivity contribution is -0.406. The van der Waals surface area contributed by atoms with Crippen LogP contribution in [0.2, 0.25) is 0 Å². The summed E-state index contributed by atoms with van der Waals surface area (Å²) in [6.07, 6.45) is -8.19. The number of aliphatic hydroxyl groups excluding tert-OH is 4. The largest absolute Gasteiger partial charge is 0.508 e. The van der Waals surface area contributed by atoms with Crippen LogP contribution in [0.15, 0.2) is 64.6 Å². The van der Waals surface area contributed by atoms with Crippen LogP contribution in [0.3, 0.4) is 0 Å². The molecule has 7 rings (SSSR count). The average molecular weight is 996 g/mol. The van der Waals surface area contributed by atoms with Crippen LogP contribution in [0, 0.1) is 10.8 Å². The molecular weight excluding hydrogens is 931 g/mol. The number of benzene rings is 2. The van der Waals surface area contributed by atoms with Gasteiger partial charge in [0.1, 0.15) is 71.4 Å². The molecule has 3 heterocycles. The van der Waals surface area contributed by atoms with Crippen molar-refractivity contribution in [3.63, 3.8) is 0 Å². The van der Waals surface area contributed by atoms with Gasteiger partial charge in [0.25, 0.3) is 0 Å². The lowest BCUT2D eigenvalue weighted by Crippen LogP contribution is -2.86. The predicted octanol–water partition coefficient (Wildman–Crippen LogP) is -6.14.